The first-order valence-corrected chi connectivity index (χ1v) is 7.17. The van der Waals surface area contributed by atoms with Crippen molar-refractivity contribution in [3.05, 3.63) is 35.1 Å². The third-order valence-corrected chi connectivity index (χ3v) is 4.43. The van der Waals surface area contributed by atoms with Gasteiger partial charge in [-0.25, -0.2) is 4.39 Å². The summed E-state index contributed by atoms with van der Waals surface area (Å²) >= 11 is 0. The largest absolute Gasteiger partial charge is 0.416 e. The van der Waals surface area contributed by atoms with Crippen molar-refractivity contribution in [3.8, 4) is 0 Å². The van der Waals surface area contributed by atoms with Crippen molar-refractivity contribution in [1.29, 1.82) is 0 Å². The van der Waals surface area contributed by atoms with Crippen LogP contribution in [0.5, 0.6) is 0 Å². The molecular formula is C15H16F4N2O. The SMILES string of the molecule is O=C1C[C@@H]2CN(Cc3cc(F)ccc3C(F)(F)F)C[C@@H]2CN1. The Morgan fingerprint density at radius 2 is 1.95 bits per heavy atom. The van der Waals surface area contributed by atoms with Gasteiger partial charge in [0.05, 0.1) is 5.56 Å². The quantitative estimate of drug-likeness (QED) is 0.850. The molecule has 0 aliphatic carbocycles. The molecule has 0 radical (unpaired) electrons. The summed E-state index contributed by atoms with van der Waals surface area (Å²) in [6.45, 7) is 1.81. The van der Waals surface area contributed by atoms with E-state index in [2.05, 4.69) is 5.32 Å². The van der Waals surface area contributed by atoms with E-state index in [4.69, 9.17) is 0 Å². The molecule has 2 aliphatic rings. The van der Waals surface area contributed by atoms with Gasteiger partial charge in [-0.05, 0) is 35.6 Å². The molecule has 2 atom stereocenters. The van der Waals surface area contributed by atoms with Crippen LogP contribution in [0.1, 0.15) is 17.5 Å². The number of likely N-dealkylation sites (tertiary alicyclic amines) is 1. The molecule has 1 N–H and O–H groups in total. The normalized spacial score (nSPS) is 25.9. The Bertz CT molecular complexity index is 587. The molecule has 1 aromatic rings. The molecule has 22 heavy (non-hydrogen) atoms. The van der Waals surface area contributed by atoms with Crippen molar-refractivity contribution < 1.29 is 22.4 Å². The second-order valence-corrected chi connectivity index (χ2v) is 6.02. The van der Waals surface area contributed by atoms with Gasteiger partial charge in [0, 0.05) is 32.6 Å². The molecule has 0 bridgehead atoms. The smallest absolute Gasteiger partial charge is 0.356 e. The number of carbonyl (C=O) groups excluding carboxylic acids is 1. The van der Waals surface area contributed by atoms with E-state index in [1.165, 1.54) is 0 Å². The third kappa shape index (κ3) is 3.09. The van der Waals surface area contributed by atoms with Crippen LogP contribution in [0.3, 0.4) is 0 Å². The zero-order chi connectivity index (χ0) is 15.9. The van der Waals surface area contributed by atoms with E-state index in [0.29, 0.717) is 26.1 Å². The number of hydrogen-bond acceptors (Lipinski definition) is 2. The molecule has 2 aliphatic heterocycles. The molecule has 3 rings (SSSR count). The number of piperidine rings is 1. The zero-order valence-electron chi connectivity index (χ0n) is 11.8. The highest BCUT2D eigenvalue weighted by atomic mass is 19.4. The molecular weight excluding hydrogens is 300 g/mol. The number of benzene rings is 1. The van der Waals surface area contributed by atoms with Crippen molar-refractivity contribution >= 4 is 5.91 Å². The Morgan fingerprint density at radius 3 is 2.68 bits per heavy atom. The van der Waals surface area contributed by atoms with Crippen LogP contribution in [0.2, 0.25) is 0 Å². The van der Waals surface area contributed by atoms with Gasteiger partial charge in [-0.3, -0.25) is 9.69 Å². The first kappa shape index (κ1) is 15.3. The highest BCUT2D eigenvalue weighted by Gasteiger charge is 2.39. The highest BCUT2D eigenvalue weighted by Crippen LogP contribution is 2.35. The standard InChI is InChI=1S/C15H16F4N2O/c16-12-1-2-13(15(17,18)19)10(3-12)7-21-6-9-4-14(22)20-5-11(9)8-21/h1-3,9,11H,4-8H2,(H,20,22)/t9-,11+/m1/s1. The number of nitrogens with zero attached hydrogens (tertiary/aromatic N) is 1. The molecule has 0 unspecified atom stereocenters. The maximum absolute atomic E-state index is 13.3. The van der Waals surface area contributed by atoms with Crippen molar-refractivity contribution in [2.75, 3.05) is 19.6 Å². The lowest BCUT2D eigenvalue weighted by Crippen LogP contribution is -2.39. The van der Waals surface area contributed by atoms with Crippen LogP contribution in [0.25, 0.3) is 0 Å². The summed E-state index contributed by atoms with van der Waals surface area (Å²) in [5, 5.41) is 2.78. The summed E-state index contributed by atoms with van der Waals surface area (Å²) in [5.74, 6) is -0.237. The monoisotopic (exact) mass is 316 g/mol. The Labute approximate surface area is 125 Å². The Morgan fingerprint density at radius 1 is 1.23 bits per heavy atom. The van der Waals surface area contributed by atoms with Crippen molar-refractivity contribution in [2.24, 2.45) is 11.8 Å². The molecule has 2 heterocycles. The second kappa shape index (κ2) is 5.53. The molecule has 3 nitrogen and oxygen atoms in total. The van der Waals surface area contributed by atoms with Crippen LogP contribution >= 0.6 is 0 Å². The van der Waals surface area contributed by atoms with Gasteiger partial charge in [-0.2, -0.15) is 13.2 Å². The van der Waals surface area contributed by atoms with Gasteiger partial charge >= 0.3 is 6.18 Å². The van der Waals surface area contributed by atoms with Gasteiger partial charge in [-0.15, -0.1) is 0 Å². The van der Waals surface area contributed by atoms with Gasteiger partial charge in [0.15, 0.2) is 0 Å². The molecule has 2 saturated heterocycles. The number of alkyl halides is 3. The fourth-order valence-electron chi connectivity index (χ4n) is 3.39. The molecule has 120 valence electrons. The first-order valence-electron chi connectivity index (χ1n) is 7.17. The van der Waals surface area contributed by atoms with E-state index in [-0.39, 0.29) is 29.9 Å². The summed E-state index contributed by atoms with van der Waals surface area (Å²) in [4.78, 5) is 13.2. The minimum Gasteiger partial charge on any atom is -0.356 e. The van der Waals surface area contributed by atoms with E-state index in [1.807, 2.05) is 4.90 Å². The second-order valence-electron chi connectivity index (χ2n) is 6.02. The minimum atomic E-state index is -4.49. The predicted octanol–water partition coefficient (Wildman–Crippen LogP) is 2.41. The van der Waals surface area contributed by atoms with Crippen molar-refractivity contribution in [2.45, 2.75) is 19.1 Å². The summed E-state index contributed by atoms with van der Waals surface area (Å²) in [5.41, 5.74) is -0.844. The lowest BCUT2D eigenvalue weighted by Gasteiger charge is -2.23. The maximum Gasteiger partial charge on any atom is 0.416 e. The van der Waals surface area contributed by atoms with Crippen molar-refractivity contribution in [1.82, 2.24) is 10.2 Å². The molecule has 1 aromatic carbocycles. The average molecular weight is 316 g/mol. The fraction of sp³-hybridized carbons (Fsp3) is 0.533. The van der Waals surface area contributed by atoms with Crippen LogP contribution in [0.15, 0.2) is 18.2 Å². The van der Waals surface area contributed by atoms with Gasteiger partial charge in [0.25, 0.3) is 0 Å². The number of fused-ring (bicyclic) bond motifs is 1. The van der Waals surface area contributed by atoms with E-state index < -0.39 is 17.6 Å². The van der Waals surface area contributed by atoms with Crippen LogP contribution in [0.4, 0.5) is 17.6 Å². The lowest BCUT2D eigenvalue weighted by atomic mass is 9.89. The molecule has 1 amide bonds. The van der Waals surface area contributed by atoms with E-state index in [9.17, 15) is 22.4 Å². The average Bonchev–Trinajstić information content (AvgIpc) is 2.78. The van der Waals surface area contributed by atoms with Crippen LogP contribution in [0, 0.1) is 17.7 Å². The Hall–Kier alpha value is -1.63. The molecule has 0 saturated carbocycles. The third-order valence-electron chi connectivity index (χ3n) is 4.43. The molecule has 0 aromatic heterocycles. The van der Waals surface area contributed by atoms with Crippen LogP contribution < -0.4 is 5.32 Å². The van der Waals surface area contributed by atoms with Crippen LogP contribution in [-0.2, 0) is 17.5 Å². The predicted molar refractivity (Wildman–Crippen MR) is 71.3 cm³/mol. The number of halogens is 4. The number of rotatable bonds is 2. The minimum absolute atomic E-state index is 0.00941. The molecule has 0 spiro atoms. The summed E-state index contributed by atoms with van der Waals surface area (Å²) < 4.78 is 52.3. The molecule has 7 heteroatoms. The van der Waals surface area contributed by atoms with E-state index in [1.54, 1.807) is 0 Å². The maximum atomic E-state index is 13.3. The van der Waals surface area contributed by atoms with Gasteiger partial charge in [0.1, 0.15) is 5.82 Å². The molecule has 2 fully saturated rings. The Balaban J connectivity index is 1.77. The highest BCUT2D eigenvalue weighted by molar-refractivity contribution is 5.77. The summed E-state index contributed by atoms with van der Waals surface area (Å²) in [6.07, 6.45) is -4.08. The number of nitrogens with one attached hydrogen (secondary N) is 1. The lowest BCUT2D eigenvalue weighted by molar-refractivity contribution is -0.138. The van der Waals surface area contributed by atoms with Crippen LogP contribution in [-0.4, -0.2) is 30.4 Å². The zero-order valence-corrected chi connectivity index (χ0v) is 11.8. The van der Waals surface area contributed by atoms with Gasteiger partial charge in [-0.1, -0.05) is 0 Å². The number of carbonyl (C=O) groups is 1. The number of hydrogen-bond donors (Lipinski definition) is 1. The fourth-order valence-corrected chi connectivity index (χ4v) is 3.39. The first-order chi connectivity index (χ1) is 10.3. The van der Waals surface area contributed by atoms with Gasteiger partial charge in [0.2, 0.25) is 5.91 Å². The number of amides is 1. The van der Waals surface area contributed by atoms with E-state index in [0.717, 1.165) is 18.2 Å². The topological polar surface area (TPSA) is 32.3 Å². The van der Waals surface area contributed by atoms with E-state index >= 15 is 0 Å². The summed E-state index contributed by atoms with van der Waals surface area (Å²) in [7, 11) is 0. The van der Waals surface area contributed by atoms with Gasteiger partial charge < -0.3 is 5.32 Å². The van der Waals surface area contributed by atoms with Crippen molar-refractivity contribution in [3.63, 3.8) is 0 Å². The Kier molecular flexibility index (Phi) is 3.84. The summed E-state index contributed by atoms with van der Waals surface area (Å²) in [6, 6.07) is 2.58.